The molecule has 7 nitrogen and oxygen atoms in total. The Bertz CT molecular complexity index is 1530. The fraction of sp³-hybridized carbons (Fsp3) is 0.500. The van der Waals surface area contributed by atoms with Crippen LogP contribution in [0.5, 0.6) is 23.0 Å². The fourth-order valence-electron chi connectivity index (χ4n) is 6.13. The molecule has 0 aromatic heterocycles. The predicted octanol–water partition coefficient (Wildman–Crippen LogP) is 12.5. The molecule has 0 bridgehead atoms. The molecule has 288 valence electrons. The Morgan fingerprint density at radius 3 is 1.68 bits per heavy atom. The van der Waals surface area contributed by atoms with Crippen molar-refractivity contribution < 1.29 is 33.7 Å². The Kier molecular flexibility index (Phi) is 21.4. The smallest absolute Gasteiger partial charge is 0.311 e. The molecule has 0 aliphatic rings. The molecule has 3 aromatic rings. The number of aromatic hydroxyl groups is 1. The summed E-state index contributed by atoms with van der Waals surface area (Å²) in [5.41, 5.74) is 1.57. The number of hydrogen-bond acceptors (Lipinski definition) is 7. The molecule has 0 heterocycles. The van der Waals surface area contributed by atoms with Crippen LogP contribution < -0.4 is 14.2 Å². The summed E-state index contributed by atoms with van der Waals surface area (Å²) in [6, 6.07) is 19.1. The van der Waals surface area contributed by atoms with E-state index in [1.54, 1.807) is 18.2 Å². The lowest BCUT2D eigenvalue weighted by molar-refractivity contribution is -0.135. The zero-order chi connectivity index (χ0) is 37.9. The van der Waals surface area contributed by atoms with Gasteiger partial charge in [-0.15, -0.1) is 0 Å². The molecule has 0 aliphatic carbocycles. The SMILES string of the molecule is CCCCCCCCCCCC(=O)Oc1ccc(C=CC(=O)c2ccc(OCc3ccccc3)cc2O)c(OC(=O)CCCCCCCCCCC)c1. The Morgan fingerprint density at radius 1 is 0.585 bits per heavy atom. The topological polar surface area (TPSA) is 99.1 Å². The van der Waals surface area contributed by atoms with Crippen LogP contribution in [-0.4, -0.2) is 22.8 Å². The minimum atomic E-state index is -0.430. The van der Waals surface area contributed by atoms with Crippen molar-refractivity contribution in [3.63, 3.8) is 0 Å². The highest BCUT2D eigenvalue weighted by Gasteiger charge is 2.14. The first kappa shape index (κ1) is 43.0. The van der Waals surface area contributed by atoms with E-state index >= 15 is 0 Å². The van der Waals surface area contributed by atoms with Crippen LogP contribution in [0, 0.1) is 0 Å². The molecule has 3 aromatic carbocycles. The summed E-state index contributed by atoms with van der Waals surface area (Å²) >= 11 is 0. The second kappa shape index (κ2) is 26.4. The number of phenols is 1. The van der Waals surface area contributed by atoms with Crippen LogP contribution in [0.3, 0.4) is 0 Å². The van der Waals surface area contributed by atoms with Gasteiger partial charge in [-0.2, -0.15) is 0 Å². The number of allylic oxidation sites excluding steroid dienone is 1. The van der Waals surface area contributed by atoms with Gasteiger partial charge in [-0.3, -0.25) is 14.4 Å². The summed E-state index contributed by atoms with van der Waals surface area (Å²) in [7, 11) is 0. The van der Waals surface area contributed by atoms with Crippen LogP contribution in [0.2, 0.25) is 0 Å². The fourth-order valence-corrected chi connectivity index (χ4v) is 6.13. The summed E-state index contributed by atoms with van der Waals surface area (Å²) in [5.74, 6) is -0.411. The molecular formula is C46H62O7. The zero-order valence-corrected chi connectivity index (χ0v) is 32.3. The second-order valence-corrected chi connectivity index (χ2v) is 14.0. The monoisotopic (exact) mass is 726 g/mol. The predicted molar refractivity (Wildman–Crippen MR) is 214 cm³/mol. The Morgan fingerprint density at radius 2 is 1.11 bits per heavy atom. The van der Waals surface area contributed by atoms with Crippen molar-refractivity contribution in [1.29, 1.82) is 0 Å². The third kappa shape index (κ3) is 18.3. The number of unbranched alkanes of at least 4 members (excludes halogenated alkanes) is 16. The molecule has 7 heteroatoms. The number of phenolic OH excluding ortho intramolecular Hbond substituents is 1. The first-order valence-electron chi connectivity index (χ1n) is 20.2. The van der Waals surface area contributed by atoms with Crippen molar-refractivity contribution in [2.75, 3.05) is 0 Å². The lowest BCUT2D eigenvalue weighted by Crippen LogP contribution is -2.10. The highest BCUT2D eigenvalue weighted by atomic mass is 16.5. The van der Waals surface area contributed by atoms with E-state index in [1.165, 1.54) is 107 Å². The average molecular weight is 727 g/mol. The summed E-state index contributed by atoms with van der Waals surface area (Å²) in [6.07, 6.45) is 24.1. The summed E-state index contributed by atoms with van der Waals surface area (Å²) in [6.45, 7) is 4.77. The van der Waals surface area contributed by atoms with Gasteiger partial charge < -0.3 is 19.3 Å². The van der Waals surface area contributed by atoms with E-state index in [9.17, 15) is 19.5 Å². The van der Waals surface area contributed by atoms with E-state index in [2.05, 4.69) is 13.8 Å². The number of ether oxygens (including phenoxy) is 3. The summed E-state index contributed by atoms with van der Waals surface area (Å²) in [4.78, 5) is 38.7. The lowest BCUT2D eigenvalue weighted by Gasteiger charge is -2.11. The van der Waals surface area contributed by atoms with Gasteiger partial charge in [0.1, 0.15) is 29.6 Å². The van der Waals surface area contributed by atoms with Gasteiger partial charge in [-0.05, 0) is 54.8 Å². The number of carbonyl (C=O) groups is 3. The zero-order valence-electron chi connectivity index (χ0n) is 32.3. The molecule has 0 saturated heterocycles. The number of ketones is 1. The number of esters is 2. The molecule has 53 heavy (non-hydrogen) atoms. The van der Waals surface area contributed by atoms with Gasteiger partial charge >= 0.3 is 11.9 Å². The van der Waals surface area contributed by atoms with Crippen molar-refractivity contribution in [2.45, 2.75) is 149 Å². The van der Waals surface area contributed by atoms with Crippen LogP contribution in [0.15, 0.2) is 72.8 Å². The maximum absolute atomic E-state index is 13.1. The molecule has 0 spiro atoms. The largest absolute Gasteiger partial charge is 0.507 e. The standard InChI is InChI=1S/C46H62O7/c1-3-5-7-9-11-13-15-17-22-26-45(49)52-40-30-28-38(44(35-40)53-46(50)27-23-18-16-14-12-10-8-6-4-2)29-33-42(47)41-32-31-39(34-43(41)48)51-36-37-24-20-19-21-25-37/h19-21,24-25,28-35,48H,3-18,22-23,26-27,36H2,1-2H3. The molecule has 0 amide bonds. The van der Waals surface area contributed by atoms with Gasteiger partial charge in [0.15, 0.2) is 5.78 Å². The van der Waals surface area contributed by atoms with E-state index in [0.717, 1.165) is 44.1 Å². The lowest BCUT2D eigenvalue weighted by atomic mass is 10.1. The van der Waals surface area contributed by atoms with Gasteiger partial charge in [-0.1, -0.05) is 147 Å². The minimum Gasteiger partial charge on any atom is -0.507 e. The molecular weight excluding hydrogens is 664 g/mol. The van der Waals surface area contributed by atoms with E-state index in [-0.39, 0.29) is 41.2 Å². The van der Waals surface area contributed by atoms with Gasteiger partial charge in [0.05, 0.1) is 5.56 Å². The van der Waals surface area contributed by atoms with Gasteiger partial charge in [0.2, 0.25) is 0 Å². The highest BCUT2D eigenvalue weighted by molar-refractivity contribution is 6.08. The van der Waals surface area contributed by atoms with E-state index in [1.807, 2.05) is 30.3 Å². The van der Waals surface area contributed by atoms with Crippen molar-refractivity contribution in [3.05, 3.63) is 89.5 Å². The third-order valence-electron chi connectivity index (χ3n) is 9.31. The quantitative estimate of drug-likeness (QED) is 0.0261. The van der Waals surface area contributed by atoms with Crippen LogP contribution in [0.25, 0.3) is 6.08 Å². The Hall–Kier alpha value is -4.39. The maximum Gasteiger partial charge on any atom is 0.311 e. The van der Waals surface area contributed by atoms with Crippen LogP contribution in [0.4, 0.5) is 0 Å². The first-order valence-corrected chi connectivity index (χ1v) is 20.2. The van der Waals surface area contributed by atoms with Crippen molar-refractivity contribution in [3.8, 4) is 23.0 Å². The molecule has 3 rings (SSSR count). The van der Waals surface area contributed by atoms with E-state index < -0.39 is 5.78 Å². The average Bonchev–Trinajstić information content (AvgIpc) is 3.15. The molecule has 0 radical (unpaired) electrons. The number of benzene rings is 3. The van der Waals surface area contributed by atoms with Crippen LogP contribution >= 0.6 is 0 Å². The maximum atomic E-state index is 13.1. The minimum absolute atomic E-state index is 0.110. The Labute approximate surface area is 318 Å². The van der Waals surface area contributed by atoms with Gasteiger partial charge in [-0.25, -0.2) is 0 Å². The number of rotatable bonds is 28. The normalized spacial score (nSPS) is 11.1. The summed E-state index contributed by atoms with van der Waals surface area (Å²) in [5, 5.41) is 10.6. The van der Waals surface area contributed by atoms with E-state index in [0.29, 0.717) is 24.3 Å². The highest BCUT2D eigenvalue weighted by Crippen LogP contribution is 2.29. The van der Waals surface area contributed by atoms with Gasteiger partial charge in [0.25, 0.3) is 0 Å². The Balaban J connectivity index is 1.59. The molecule has 0 saturated carbocycles. The van der Waals surface area contributed by atoms with Crippen molar-refractivity contribution >= 4 is 23.8 Å². The summed E-state index contributed by atoms with van der Waals surface area (Å²) < 4.78 is 17.2. The molecule has 0 fully saturated rings. The van der Waals surface area contributed by atoms with Crippen LogP contribution in [-0.2, 0) is 16.2 Å². The van der Waals surface area contributed by atoms with E-state index in [4.69, 9.17) is 14.2 Å². The third-order valence-corrected chi connectivity index (χ3v) is 9.31. The van der Waals surface area contributed by atoms with Crippen molar-refractivity contribution in [2.24, 2.45) is 0 Å². The van der Waals surface area contributed by atoms with Crippen molar-refractivity contribution in [1.82, 2.24) is 0 Å². The second-order valence-electron chi connectivity index (χ2n) is 14.0. The van der Waals surface area contributed by atoms with Gasteiger partial charge in [0, 0.05) is 30.5 Å². The molecule has 0 unspecified atom stereocenters. The van der Waals surface area contributed by atoms with Crippen LogP contribution in [0.1, 0.15) is 164 Å². The first-order chi connectivity index (χ1) is 25.9. The number of hydrogen-bond donors (Lipinski definition) is 1. The molecule has 0 atom stereocenters. The number of carbonyl (C=O) groups excluding carboxylic acids is 3. The molecule has 1 N–H and O–H groups in total. The molecule has 0 aliphatic heterocycles.